The van der Waals surface area contributed by atoms with Gasteiger partial charge in [0.15, 0.2) is 5.96 Å². The van der Waals surface area contributed by atoms with Crippen molar-refractivity contribution in [1.82, 2.24) is 10.2 Å². The van der Waals surface area contributed by atoms with Crippen molar-refractivity contribution in [1.29, 1.82) is 0 Å². The van der Waals surface area contributed by atoms with Gasteiger partial charge in [0.2, 0.25) is 0 Å². The maximum atomic E-state index is 13.9. The molecule has 1 aromatic rings. The average molecular weight is 386 g/mol. The zero-order valence-corrected chi connectivity index (χ0v) is 15.4. The molecular weight excluding hydrogens is 361 g/mol. The number of hydrogen-bond donors (Lipinski definition) is 1. The molecule has 0 aliphatic carbocycles. The Hall–Kier alpha value is -1.14. The normalized spacial score (nSPS) is 18.5. The minimum Gasteiger partial charge on any atom is -0.381 e. The molecule has 1 fully saturated rings. The molecule has 1 aliphatic rings. The van der Waals surface area contributed by atoms with Crippen molar-refractivity contribution in [3.05, 3.63) is 34.1 Å². The van der Waals surface area contributed by atoms with Crippen LogP contribution in [-0.2, 0) is 11.3 Å². The summed E-state index contributed by atoms with van der Waals surface area (Å²) in [4.78, 5) is 6.85. The van der Waals surface area contributed by atoms with Gasteiger partial charge in [0.25, 0.3) is 0 Å². The standard InChI is InChI=1S/C17H25BrFN3O/c1-3-20-17(22-8-7-13(11-22)12-23-4-2)21-10-14-5-6-15(18)9-16(14)19/h5-6,9,13H,3-4,7-8,10-12H2,1-2H3,(H,20,21). The highest BCUT2D eigenvalue weighted by Gasteiger charge is 2.24. The third-order valence-electron chi connectivity index (χ3n) is 3.89. The zero-order valence-electron chi connectivity index (χ0n) is 13.8. The van der Waals surface area contributed by atoms with E-state index in [9.17, 15) is 4.39 Å². The third kappa shape index (κ3) is 5.46. The molecule has 128 valence electrons. The number of guanidine groups is 1. The van der Waals surface area contributed by atoms with Gasteiger partial charge in [0.05, 0.1) is 13.2 Å². The summed E-state index contributed by atoms with van der Waals surface area (Å²) in [6.45, 7) is 8.67. The first kappa shape index (κ1) is 18.2. The van der Waals surface area contributed by atoms with Gasteiger partial charge in [-0.2, -0.15) is 0 Å². The van der Waals surface area contributed by atoms with Crippen molar-refractivity contribution in [3.63, 3.8) is 0 Å². The number of nitrogens with one attached hydrogen (secondary N) is 1. The van der Waals surface area contributed by atoms with Gasteiger partial charge in [0, 0.05) is 42.2 Å². The highest BCUT2D eigenvalue weighted by molar-refractivity contribution is 9.10. The summed E-state index contributed by atoms with van der Waals surface area (Å²) in [6.07, 6.45) is 1.11. The van der Waals surface area contributed by atoms with Crippen LogP contribution in [0.4, 0.5) is 4.39 Å². The van der Waals surface area contributed by atoms with E-state index in [0.29, 0.717) is 18.0 Å². The quantitative estimate of drug-likeness (QED) is 0.602. The number of benzene rings is 1. The Morgan fingerprint density at radius 2 is 2.30 bits per heavy atom. The van der Waals surface area contributed by atoms with Gasteiger partial charge >= 0.3 is 0 Å². The molecule has 0 amide bonds. The number of hydrogen-bond acceptors (Lipinski definition) is 2. The smallest absolute Gasteiger partial charge is 0.194 e. The molecule has 1 N–H and O–H groups in total. The topological polar surface area (TPSA) is 36.9 Å². The highest BCUT2D eigenvalue weighted by atomic mass is 79.9. The monoisotopic (exact) mass is 385 g/mol. The van der Waals surface area contributed by atoms with Crippen LogP contribution in [0.5, 0.6) is 0 Å². The van der Waals surface area contributed by atoms with Crippen molar-refractivity contribution >= 4 is 21.9 Å². The predicted molar refractivity (Wildman–Crippen MR) is 95.1 cm³/mol. The summed E-state index contributed by atoms with van der Waals surface area (Å²) in [5.74, 6) is 1.17. The van der Waals surface area contributed by atoms with Crippen molar-refractivity contribution < 1.29 is 9.13 Å². The van der Waals surface area contributed by atoms with Crippen LogP contribution in [0.2, 0.25) is 0 Å². The van der Waals surface area contributed by atoms with Crippen LogP contribution in [0.3, 0.4) is 0 Å². The molecule has 23 heavy (non-hydrogen) atoms. The SMILES string of the molecule is CCNC(=NCc1ccc(Br)cc1F)N1CCC(COCC)C1. The molecule has 1 saturated heterocycles. The maximum absolute atomic E-state index is 13.9. The van der Waals surface area contributed by atoms with E-state index in [2.05, 4.69) is 31.1 Å². The number of aliphatic imine (C=N–C) groups is 1. The molecule has 0 saturated carbocycles. The van der Waals surface area contributed by atoms with E-state index in [1.54, 1.807) is 6.07 Å². The van der Waals surface area contributed by atoms with Crippen LogP contribution in [-0.4, -0.2) is 43.7 Å². The van der Waals surface area contributed by atoms with Crippen molar-refractivity contribution in [2.24, 2.45) is 10.9 Å². The summed E-state index contributed by atoms with van der Waals surface area (Å²) in [6, 6.07) is 5.09. The fourth-order valence-corrected chi connectivity index (χ4v) is 3.01. The van der Waals surface area contributed by atoms with Gasteiger partial charge in [-0.3, -0.25) is 0 Å². The van der Waals surface area contributed by atoms with E-state index >= 15 is 0 Å². The minimum absolute atomic E-state index is 0.227. The molecule has 6 heteroatoms. The lowest BCUT2D eigenvalue weighted by Crippen LogP contribution is -2.40. The van der Waals surface area contributed by atoms with Gasteiger partial charge in [-0.1, -0.05) is 22.0 Å². The Morgan fingerprint density at radius 1 is 1.48 bits per heavy atom. The van der Waals surface area contributed by atoms with E-state index in [-0.39, 0.29) is 5.82 Å². The number of ether oxygens (including phenoxy) is 1. The molecule has 2 rings (SSSR count). The summed E-state index contributed by atoms with van der Waals surface area (Å²) < 4.78 is 20.2. The summed E-state index contributed by atoms with van der Waals surface area (Å²) in [5.41, 5.74) is 0.605. The Morgan fingerprint density at radius 3 is 3.00 bits per heavy atom. The number of rotatable bonds is 6. The van der Waals surface area contributed by atoms with Crippen LogP contribution < -0.4 is 5.32 Å². The first-order valence-electron chi connectivity index (χ1n) is 8.19. The molecule has 1 heterocycles. The molecule has 1 unspecified atom stereocenters. The predicted octanol–water partition coefficient (Wildman–Crippen LogP) is 3.41. The summed E-state index contributed by atoms with van der Waals surface area (Å²) >= 11 is 3.27. The minimum atomic E-state index is -0.227. The second-order valence-electron chi connectivity index (χ2n) is 5.67. The molecule has 4 nitrogen and oxygen atoms in total. The third-order valence-corrected chi connectivity index (χ3v) is 4.39. The lowest BCUT2D eigenvalue weighted by atomic mass is 10.1. The molecule has 0 spiro atoms. The molecule has 1 atom stereocenters. The van der Waals surface area contributed by atoms with Crippen LogP contribution in [0.15, 0.2) is 27.7 Å². The van der Waals surface area contributed by atoms with Crippen LogP contribution >= 0.6 is 15.9 Å². The Labute approximate surface area is 146 Å². The van der Waals surface area contributed by atoms with Gasteiger partial charge in [-0.05, 0) is 32.4 Å². The molecule has 0 bridgehead atoms. The molecule has 1 aromatic carbocycles. The van der Waals surface area contributed by atoms with E-state index in [0.717, 1.165) is 49.7 Å². The molecule has 0 radical (unpaired) electrons. The van der Waals surface area contributed by atoms with Crippen molar-refractivity contribution in [2.75, 3.05) is 32.8 Å². The second-order valence-corrected chi connectivity index (χ2v) is 6.58. The average Bonchev–Trinajstić information content (AvgIpc) is 2.99. The molecule has 1 aliphatic heterocycles. The lowest BCUT2D eigenvalue weighted by molar-refractivity contribution is 0.114. The lowest BCUT2D eigenvalue weighted by Gasteiger charge is -2.21. The fraction of sp³-hybridized carbons (Fsp3) is 0.588. The maximum Gasteiger partial charge on any atom is 0.194 e. The van der Waals surface area contributed by atoms with E-state index in [4.69, 9.17) is 4.74 Å². The van der Waals surface area contributed by atoms with Crippen LogP contribution in [0.25, 0.3) is 0 Å². The van der Waals surface area contributed by atoms with Crippen molar-refractivity contribution in [2.45, 2.75) is 26.8 Å². The van der Waals surface area contributed by atoms with Crippen LogP contribution in [0.1, 0.15) is 25.8 Å². The number of halogens is 2. The van der Waals surface area contributed by atoms with E-state index < -0.39 is 0 Å². The highest BCUT2D eigenvalue weighted by Crippen LogP contribution is 2.18. The zero-order chi connectivity index (χ0) is 16.7. The van der Waals surface area contributed by atoms with Crippen molar-refractivity contribution in [3.8, 4) is 0 Å². The Kier molecular flexibility index (Phi) is 7.30. The first-order valence-corrected chi connectivity index (χ1v) is 8.98. The Balaban J connectivity index is 2.00. The molecule has 0 aromatic heterocycles. The largest absolute Gasteiger partial charge is 0.381 e. The summed E-state index contributed by atoms with van der Waals surface area (Å²) in [7, 11) is 0. The summed E-state index contributed by atoms with van der Waals surface area (Å²) in [5, 5.41) is 3.31. The van der Waals surface area contributed by atoms with Gasteiger partial charge in [-0.15, -0.1) is 0 Å². The molecular formula is C17H25BrFN3O. The number of nitrogens with zero attached hydrogens (tertiary/aromatic N) is 2. The first-order chi connectivity index (χ1) is 11.1. The van der Waals surface area contributed by atoms with Crippen LogP contribution in [0, 0.1) is 11.7 Å². The number of likely N-dealkylation sites (tertiary alicyclic amines) is 1. The van der Waals surface area contributed by atoms with Gasteiger partial charge in [0.1, 0.15) is 5.82 Å². The van der Waals surface area contributed by atoms with Gasteiger partial charge < -0.3 is 15.0 Å². The van der Waals surface area contributed by atoms with Gasteiger partial charge in [-0.25, -0.2) is 9.38 Å². The van der Waals surface area contributed by atoms with E-state index in [1.165, 1.54) is 6.07 Å². The Bertz CT molecular complexity index is 539. The van der Waals surface area contributed by atoms with E-state index in [1.807, 2.05) is 19.9 Å². The fourth-order valence-electron chi connectivity index (χ4n) is 2.68. The second kappa shape index (κ2) is 9.23.